The van der Waals surface area contributed by atoms with E-state index in [1.807, 2.05) is 10.9 Å². The second-order valence-corrected chi connectivity index (χ2v) is 3.96. The van der Waals surface area contributed by atoms with Gasteiger partial charge in [-0.3, -0.25) is 9.59 Å². The summed E-state index contributed by atoms with van der Waals surface area (Å²) < 4.78 is 0. The zero-order chi connectivity index (χ0) is 14.3. The Morgan fingerprint density at radius 3 is 1.33 bits per heavy atom. The molecule has 0 radical (unpaired) electrons. The quantitative estimate of drug-likeness (QED) is 0.362. The molecule has 0 unspecified atom stereocenters. The molecule has 0 aliphatic heterocycles. The van der Waals surface area contributed by atoms with Crippen molar-refractivity contribution in [2.45, 2.75) is 39.9 Å². The maximum absolute atomic E-state index is 11.3. The summed E-state index contributed by atoms with van der Waals surface area (Å²) in [6.45, 7) is 6.53. The number of carbonyl (C=O) groups is 2. The van der Waals surface area contributed by atoms with Crippen LogP contribution in [0.2, 0.25) is 0 Å². The first-order valence-electron chi connectivity index (χ1n) is 5.23. The summed E-state index contributed by atoms with van der Waals surface area (Å²) in [5.41, 5.74) is 5.12. The molecule has 0 bridgehead atoms. The topological polar surface area (TPSA) is 123 Å². The minimum absolute atomic E-state index is 0.556. The molecule has 0 aliphatic carbocycles. The summed E-state index contributed by atoms with van der Waals surface area (Å²) in [4.78, 5) is 22.6. The molecule has 2 atom stereocenters. The average Bonchev–Trinajstić information content (AvgIpc) is 2.30. The van der Waals surface area contributed by atoms with E-state index >= 15 is 0 Å². The SMILES string of the molecule is CC(C)=NNC(=O)[C@@H](O)[C@H](O)C(=O)NN=C(C)C. The molecule has 0 saturated carbocycles. The standard InChI is InChI=1S/C10H18N4O4/c1-5(2)11-13-9(17)7(15)8(16)10(18)14-12-6(3)4/h7-8,15-16H,1-4H3,(H,13,17)(H,14,18)/t7-,8-/m0/s1. The van der Waals surface area contributed by atoms with Crippen LogP contribution in [0.5, 0.6) is 0 Å². The molecule has 0 fully saturated rings. The van der Waals surface area contributed by atoms with Crippen LogP contribution in [0.3, 0.4) is 0 Å². The largest absolute Gasteiger partial charge is 0.380 e. The number of rotatable bonds is 5. The third kappa shape index (κ3) is 6.06. The van der Waals surface area contributed by atoms with Crippen molar-refractivity contribution in [2.24, 2.45) is 10.2 Å². The number of hydrogen-bond donors (Lipinski definition) is 4. The van der Waals surface area contributed by atoms with Gasteiger partial charge in [0, 0.05) is 11.4 Å². The van der Waals surface area contributed by atoms with Crippen molar-refractivity contribution in [1.82, 2.24) is 10.9 Å². The Balaban J connectivity index is 4.45. The first-order chi connectivity index (χ1) is 8.25. The first-order valence-corrected chi connectivity index (χ1v) is 5.23. The van der Waals surface area contributed by atoms with Gasteiger partial charge in [-0.1, -0.05) is 0 Å². The van der Waals surface area contributed by atoms with Crippen LogP contribution in [0, 0.1) is 0 Å². The lowest BCUT2D eigenvalue weighted by Gasteiger charge is -2.14. The molecule has 4 N–H and O–H groups in total. The Hall–Kier alpha value is -1.80. The van der Waals surface area contributed by atoms with Crippen LogP contribution in [0.15, 0.2) is 10.2 Å². The van der Waals surface area contributed by atoms with Crippen LogP contribution in [0.25, 0.3) is 0 Å². The van der Waals surface area contributed by atoms with Crippen molar-refractivity contribution < 1.29 is 19.8 Å². The van der Waals surface area contributed by atoms with Gasteiger partial charge in [-0.15, -0.1) is 0 Å². The molecular formula is C10H18N4O4. The minimum atomic E-state index is -1.92. The zero-order valence-electron chi connectivity index (χ0n) is 10.8. The highest BCUT2D eigenvalue weighted by Crippen LogP contribution is 1.95. The van der Waals surface area contributed by atoms with Gasteiger partial charge in [0.15, 0.2) is 12.2 Å². The van der Waals surface area contributed by atoms with Gasteiger partial charge >= 0.3 is 0 Å². The summed E-state index contributed by atoms with van der Waals surface area (Å²) in [6.07, 6.45) is -3.83. The predicted octanol–water partition coefficient (Wildman–Crippen LogP) is -1.27. The molecule has 102 valence electrons. The Labute approximate surface area is 105 Å². The average molecular weight is 258 g/mol. The third-order valence-electron chi connectivity index (χ3n) is 1.62. The normalized spacial score (nSPS) is 13.0. The molecule has 2 amide bonds. The third-order valence-corrected chi connectivity index (χ3v) is 1.62. The van der Waals surface area contributed by atoms with Gasteiger partial charge in [0.2, 0.25) is 0 Å². The van der Waals surface area contributed by atoms with E-state index in [-0.39, 0.29) is 0 Å². The fourth-order valence-electron chi connectivity index (χ4n) is 0.753. The van der Waals surface area contributed by atoms with Gasteiger partial charge in [0.25, 0.3) is 11.8 Å². The minimum Gasteiger partial charge on any atom is -0.380 e. The number of nitrogens with one attached hydrogen (secondary N) is 2. The molecular weight excluding hydrogens is 240 g/mol. The Kier molecular flexibility index (Phi) is 6.76. The van der Waals surface area contributed by atoms with E-state index in [0.29, 0.717) is 11.4 Å². The van der Waals surface area contributed by atoms with Crippen molar-refractivity contribution in [3.05, 3.63) is 0 Å². The van der Waals surface area contributed by atoms with E-state index in [9.17, 15) is 19.8 Å². The number of carbonyl (C=O) groups excluding carboxylic acids is 2. The summed E-state index contributed by atoms with van der Waals surface area (Å²) in [7, 11) is 0. The van der Waals surface area contributed by atoms with E-state index in [4.69, 9.17) is 0 Å². The summed E-state index contributed by atoms with van der Waals surface area (Å²) in [5, 5.41) is 25.9. The number of hydrogen-bond acceptors (Lipinski definition) is 6. The molecule has 8 nitrogen and oxygen atoms in total. The Morgan fingerprint density at radius 2 is 1.11 bits per heavy atom. The molecule has 0 aromatic carbocycles. The van der Waals surface area contributed by atoms with E-state index in [1.165, 1.54) is 0 Å². The highest BCUT2D eigenvalue weighted by molar-refractivity contribution is 5.92. The first kappa shape index (κ1) is 16.2. The van der Waals surface area contributed by atoms with Gasteiger partial charge in [-0.2, -0.15) is 10.2 Å². The van der Waals surface area contributed by atoms with Gasteiger partial charge in [0.05, 0.1) is 0 Å². The highest BCUT2D eigenvalue weighted by atomic mass is 16.3. The fraction of sp³-hybridized carbons (Fsp3) is 0.600. The molecule has 18 heavy (non-hydrogen) atoms. The highest BCUT2D eigenvalue weighted by Gasteiger charge is 2.30. The maximum atomic E-state index is 11.3. The molecule has 0 aromatic rings. The fourth-order valence-corrected chi connectivity index (χ4v) is 0.753. The zero-order valence-corrected chi connectivity index (χ0v) is 10.8. The van der Waals surface area contributed by atoms with Crippen molar-refractivity contribution in [3.63, 3.8) is 0 Å². The van der Waals surface area contributed by atoms with Crippen LogP contribution in [-0.4, -0.2) is 45.7 Å². The van der Waals surface area contributed by atoms with Crippen molar-refractivity contribution in [1.29, 1.82) is 0 Å². The van der Waals surface area contributed by atoms with E-state index in [1.54, 1.807) is 27.7 Å². The van der Waals surface area contributed by atoms with Crippen LogP contribution < -0.4 is 10.9 Å². The van der Waals surface area contributed by atoms with Crippen LogP contribution in [0.4, 0.5) is 0 Å². The molecule has 0 spiro atoms. The summed E-state index contributed by atoms with van der Waals surface area (Å²) in [6, 6.07) is 0. The number of nitrogens with zero attached hydrogens (tertiary/aromatic N) is 2. The molecule has 8 heteroatoms. The summed E-state index contributed by atoms with van der Waals surface area (Å²) >= 11 is 0. The monoisotopic (exact) mass is 258 g/mol. The van der Waals surface area contributed by atoms with Gasteiger partial charge in [-0.25, -0.2) is 10.9 Å². The second kappa shape index (κ2) is 7.51. The molecule has 0 aliphatic rings. The van der Waals surface area contributed by atoms with Crippen molar-refractivity contribution >= 4 is 23.2 Å². The predicted molar refractivity (Wildman–Crippen MR) is 65.9 cm³/mol. The van der Waals surface area contributed by atoms with Crippen LogP contribution >= 0.6 is 0 Å². The van der Waals surface area contributed by atoms with Crippen LogP contribution in [-0.2, 0) is 9.59 Å². The molecule has 0 heterocycles. The van der Waals surface area contributed by atoms with Gasteiger partial charge < -0.3 is 10.2 Å². The lowest BCUT2D eigenvalue weighted by atomic mass is 10.2. The van der Waals surface area contributed by atoms with Crippen LogP contribution in [0.1, 0.15) is 27.7 Å². The maximum Gasteiger partial charge on any atom is 0.272 e. The number of amides is 2. The second-order valence-electron chi connectivity index (χ2n) is 3.96. The lowest BCUT2D eigenvalue weighted by Crippen LogP contribution is -2.47. The van der Waals surface area contributed by atoms with Gasteiger partial charge in [0.1, 0.15) is 0 Å². The molecule has 0 saturated heterocycles. The van der Waals surface area contributed by atoms with E-state index in [0.717, 1.165) is 0 Å². The number of hydrazone groups is 2. The van der Waals surface area contributed by atoms with E-state index in [2.05, 4.69) is 10.2 Å². The Morgan fingerprint density at radius 1 is 0.833 bits per heavy atom. The van der Waals surface area contributed by atoms with Crippen molar-refractivity contribution in [3.8, 4) is 0 Å². The van der Waals surface area contributed by atoms with Crippen molar-refractivity contribution in [2.75, 3.05) is 0 Å². The van der Waals surface area contributed by atoms with E-state index < -0.39 is 24.0 Å². The molecule has 0 aromatic heterocycles. The molecule has 0 rings (SSSR count). The van der Waals surface area contributed by atoms with Gasteiger partial charge in [-0.05, 0) is 27.7 Å². The number of aliphatic hydroxyl groups is 2. The summed E-state index contributed by atoms with van der Waals surface area (Å²) in [5.74, 6) is -1.95. The lowest BCUT2D eigenvalue weighted by molar-refractivity contribution is -0.146. The Bertz CT molecular complexity index is 334. The smallest absolute Gasteiger partial charge is 0.272 e. The number of aliphatic hydroxyl groups excluding tert-OH is 2.